The monoisotopic (exact) mass is 333 g/mol. The number of aryl methyl sites for hydroxylation is 1. The highest BCUT2D eigenvalue weighted by Gasteiger charge is 2.10. The molecule has 0 aliphatic carbocycles. The number of aliphatic hydroxyl groups excluding tert-OH is 1. The van der Waals surface area contributed by atoms with Gasteiger partial charge in [-0.1, -0.05) is 34.5 Å². The summed E-state index contributed by atoms with van der Waals surface area (Å²) in [5, 5.41) is 12.4. The number of aliphatic hydroxyl groups is 1. The standard InChI is InChI=1S/C13H17BrClNO2/c1-2-11(8-17)16-13(18)6-3-9-7-10(15)4-5-12(9)14/h4-5,7,11,17H,2-3,6,8H2,1H3,(H,16,18). The highest BCUT2D eigenvalue weighted by Crippen LogP contribution is 2.22. The number of benzene rings is 1. The molecular weight excluding hydrogens is 318 g/mol. The molecule has 1 unspecified atom stereocenters. The van der Waals surface area contributed by atoms with E-state index in [0.29, 0.717) is 17.9 Å². The first-order chi connectivity index (χ1) is 8.56. The van der Waals surface area contributed by atoms with Crippen molar-refractivity contribution in [1.29, 1.82) is 0 Å². The third kappa shape index (κ3) is 4.96. The van der Waals surface area contributed by atoms with Gasteiger partial charge < -0.3 is 10.4 Å². The van der Waals surface area contributed by atoms with E-state index in [4.69, 9.17) is 16.7 Å². The average molecular weight is 335 g/mol. The number of amides is 1. The number of halogens is 2. The van der Waals surface area contributed by atoms with Gasteiger partial charge in [0.2, 0.25) is 5.91 Å². The van der Waals surface area contributed by atoms with Crippen LogP contribution in [0.2, 0.25) is 5.02 Å². The molecule has 0 heterocycles. The van der Waals surface area contributed by atoms with E-state index in [0.717, 1.165) is 16.5 Å². The van der Waals surface area contributed by atoms with Crippen molar-refractivity contribution in [3.63, 3.8) is 0 Å². The van der Waals surface area contributed by atoms with Crippen molar-refractivity contribution in [3.8, 4) is 0 Å². The van der Waals surface area contributed by atoms with Crippen LogP contribution in [-0.2, 0) is 11.2 Å². The van der Waals surface area contributed by atoms with E-state index in [1.165, 1.54) is 0 Å². The van der Waals surface area contributed by atoms with E-state index in [-0.39, 0.29) is 18.6 Å². The number of nitrogens with one attached hydrogen (secondary N) is 1. The van der Waals surface area contributed by atoms with E-state index in [1.807, 2.05) is 19.1 Å². The van der Waals surface area contributed by atoms with E-state index >= 15 is 0 Å². The van der Waals surface area contributed by atoms with E-state index in [9.17, 15) is 4.79 Å². The summed E-state index contributed by atoms with van der Waals surface area (Å²) in [6, 6.07) is 5.37. The lowest BCUT2D eigenvalue weighted by Crippen LogP contribution is -2.37. The summed E-state index contributed by atoms with van der Waals surface area (Å²) in [5.74, 6) is -0.0530. The van der Waals surface area contributed by atoms with E-state index in [1.54, 1.807) is 6.07 Å². The van der Waals surface area contributed by atoms with Crippen LogP contribution in [-0.4, -0.2) is 23.7 Å². The Kier molecular flexibility index (Phi) is 6.68. The Morgan fingerprint density at radius 2 is 2.28 bits per heavy atom. The molecule has 0 radical (unpaired) electrons. The fourth-order valence-electron chi connectivity index (χ4n) is 1.56. The molecule has 2 N–H and O–H groups in total. The average Bonchev–Trinajstić information content (AvgIpc) is 2.37. The highest BCUT2D eigenvalue weighted by atomic mass is 79.9. The Labute approximate surface area is 121 Å². The molecule has 0 spiro atoms. The molecule has 1 rings (SSSR count). The highest BCUT2D eigenvalue weighted by molar-refractivity contribution is 9.10. The van der Waals surface area contributed by atoms with Gasteiger partial charge in [0, 0.05) is 15.9 Å². The molecule has 0 fully saturated rings. The Morgan fingerprint density at radius 1 is 1.56 bits per heavy atom. The van der Waals surface area contributed by atoms with Gasteiger partial charge in [0.1, 0.15) is 0 Å². The van der Waals surface area contributed by atoms with Crippen LogP contribution in [0.25, 0.3) is 0 Å². The minimum atomic E-state index is -0.152. The summed E-state index contributed by atoms with van der Waals surface area (Å²) in [5.41, 5.74) is 1.01. The number of hydrogen-bond acceptors (Lipinski definition) is 2. The van der Waals surface area contributed by atoms with Crippen LogP contribution in [0.4, 0.5) is 0 Å². The first kappa shape index (κ1) is 15.5. The molecule has 18 heavy (non-hydrogen) atoms. The first-order valence-corrected chi connectivity index (χ1v) is 7.08. The molecule has 1 atom stereocenters. The molecule has 100 valence electrons. The number of carbonyl (C=O) groups excluding carboxylic acids is 1. The van der Waals surface area contributed by atoms with Crippen LogP contribution in [0.15, 0.2) is 22.7 Å². The van der Waals surface area contributed by atoms with Gasteiger partial charge in [-0.15, -0.1) is 0 Å². The second-order valence-corrected chi connectivity index (χ2v) is 5.38. The van der Waals surface area contributed by atoms with Crippen molar-refractivity contribution in [1.82, 2.24) is 5.32 Å². The molecule has 0 aliphatic heterocycles. The molecule has 0 aliphatic rings. The van der Waals surface area contributed by atoms with Crippen LogP contribution in [0.3, 0.4) is 0 Å². The van der Waals surface area contributed by atoms with E-state index in [2.05, 4.69) is 21.2 Å². The van der Waals surface area contributed by atoms with Crippen LogP contribution >= 0.6 is 27.5 Å². The predicted molar refractivity (Wildman–Crippen MR) is 76.8 cm³/mol. The second kappa shape index (κ2) is 7.77. The van der Waals surface area contributed by atoms with Crippen molar-refractivity contribution in [2.24, 2.45) is 0 Å². The lowest BCUT2D eigenvalue weighted by Gasteiger charge is -2.14. The zero-order valence-electron chi connectivity index (χ0n) is 10.2. The normalized spacial score (nSPS) is 12.2. The third-order valence-electron chi connectivity index (χ3n) is 2.71. The number of carbonyl (C=O) groups is 1. The smallest absolute Gasteiger partial charge is 0.220 e. The molecule has 1 amide bonds. The SMILES string of the molecule is CCC(CO)NC(=O)CCc1cc(Cl)ccc1Br. The molecule has 5 heteroatoms. The van der Waals surface area contributed by atoms with Gasteiger partial charge in [0.15, 0.2) is 0 Å². The molecule has 1 aromatic rings. The topological polar surface area (TPSA) is 49.3 Å². The Morgan fingerprint density at radius 3 is 2.89 bits per heavy atom. The number of hydrogen-bond donors (Lipinski definition) is 2. The van der Waals surface area contributed by atoms with Crippen LogP contribution in [0.1, 0.15) is 25.3 Å². The van der Waals surface area contributed by atoms with Gasteiger partial charge in [0.25, 0.3) is 0 Å². The van der Waals surface area contributed by atoms with Crippen molar-refractivity contribution >= 4 is 33.4 Å². The Bertz CT molecular complexity index is 408. The third-order valence-corrected chi connectivity index (χ3v) is 3.72. The Hall–Kier alpha value is -0.580. The maximum absolute atomic E-state index is 11.7. The molecular formula is C13H17BrClNO2. The second-order valence-electron chi connectivity index (χ2n) is 4.09. The summed E-state index contributed by atoms with van der Waals surface area (Å²) in [6.45, 7) is 1.90. The maximum atomic E-state index is 11.7. The minimum absolute atomic E-state index is 0.0247. The van der Waals surface area contributed by atoms with Gasteiger partial charge in [-0.2, -0.15) is 0 Å². The summed E-state index contributed by atoms with van der Waals surface area (Å²) in [7, 11) is 0. The lowest BCUT2D eigenvalue weighted by molar-refractivity contribution is -0.122. The van der Waals surface area contributed by atoms with Gasteiger partial charge in [0.05, 0.1) is 12.6 Å². The predicted octanol–water partition coefficient (Wildman–Crippen LogP) is 2.92. The zero-order valence-corrected chi connectivity index (χ0v) is 12.6. The molecule has 0 saturated heterocycles. The van der Waals surface area contributed by atoms with Crippen molar-refractivity contribution in [2.45, 2.75) is 32.2 Å². The molecule has 0 bridgehead atoms. The van der Waals surface area contributed by atoms with Crippen LogP contribution < -0.4 is 5.32 Å². The van der Waals surface area contributed by atoms with Crippen LogP contribution in [0, 0.1) is 0 Å². The van der Waals surface area contributed by atoms with Crippen molar-refractivity contribution < 1.29 is 9.90 Å². The largest absolute Gasteiger partial charge is 0.394 e. The first-order valence-electron chi connectivity index (χ1n) is 5.91. The van der Waals surface area contributed by atoms with E-state index < -0.39 is 0 Å². The fraction of sp³-hybridized carbons (Fsp3) is 0.462. The summed E-state index contributed by atoms with van der Waals surface area (Å²) in [4.78, 5) is 11.7. The number of rotatable bonds is 6. The summed E-state index contributed by atoms with van der Waals surface area (Å²) in [6.07, 6.45) is 1.73. The van der Waals surface area contributed by atoms with Gasteiger partial charge >= 0.3 is 0 Å². The van der Waals surface area contributed by atoms with Gasteiger partial charge in [-0.25, -0.2) is 0 Å². The fourth-order valence-corrected chi connectivity index (χ4v) is 2.20. The quantitative estimate of drug-likeness (QED) is 0.840. The van der Waals surface area contributed by atoms with Crippen molar-refractivity contribution in [2.75, 3.05) is 6.61 Å². The minimum Gasteiger partial charge on any atom is -0.394 e. The molecule has 3 nitrogen and oxygen atoms in total. The zero-order chi connectivity index (χ0) is 13.5. The van der Waals surface area contributed by atoms with Crippen molar-refractivity contribution in [3.05, 3.63) is 33.3 Å². The molecule has 1 aromatic carbocycles. The molecule has 0 saturated carbocycles. The molecule has 0 aromatic heterocycles. The van der Waals surface area contributed by atoms with Crippen LogP contribution in [0.5, 0.6) is 0 Å². The lowest BCUT2D eigenvalue weighted by atomic mass is 10.1. The maximum Gasteiger partial charge on any atom is 0.220 e. The van der Waals surface area contributed by atoms with Gasteiger partial charge in [-0.05, 0) is 36.6 Å². The summed E-state index contributed by atoms with van der Waals surface area (Å²) < 4.78 is 0.953. The summed E-state index contributed by atoms with van der Waals surface area (Å²) >= 11 is 9.34. The van der Waals surface area contributed by atoms with Gasteiger partial charge in [-0.3, -0.25) is 4.79 Å². The Balaban J connectivity index is 2.49.